The van der Waals surface area contributed by atoms with Crippen molar-refractivity contribution in [1.29, 1.82) is 0 Å². The molecule has 12 heavy (non-hydrogen) atoms. The average Bonchev–Trinajstić information content (AvgIpc) is 2.09. The first-order valence-electron chi connectivity index (χ1n) is 3.45. The summed E-state index contributed by atoms with van der Waals surface area (Å²) in [5.41, 5.74) is 0. The molecule has 0 heterocycles. The Kier molecular flexibility index (Phi) is 4.73. The molecule has 0 aromatic carbocycles. The van der Waals surface area contributed by atoms with E-state index in [2.05, 4.69) is 19.5 Å². The molecular formula is C8H11I2NO-2. The van der Waals surface area contributed by atoms with Crippen molar-refractivity contribution in [2.45, 2.75) is 6.04 Å². The van der Waals surface area contributed by atoms with E-state index in [9.17, 15) is 4.79 Å². The zero-order valence-electron chi connectivity index (χ0n) is 6.97. The first kappa shape index (κ1) is 10.6. The van der Waals surface area contributed by atoms with Crippen LogP contribution in [0.3, 0.4) is 0 Å². The van der Waals surface area contributed by atoms with Crippen molar-refractivity contribution >= 4 is 5.78 Å². The molecule has 1 atom stereocenters. The van der Waals surface area contributed by atoms with Crippen molar-refractivity contribution in [3.63, 3.8) is 0 Å². The van der Waals surface area contributed by atoms with Crippen LogP contribution in [0.2, 0.25) is 0 Å². The van der Waals surface area contributed by atoms with Crippen molar-refractivity contribution < 1.29 is 47.5 Å². The summed E-state index contributed by atoms with van der Waals surface area (Å²) in [6.45, 7) is 0. The molecule has 4 heteroatoms. The average molecular weight is 391 g/mol. The van der Waals surface area contributed by atoms with Crippen LogP contribution in [-0.4, -0.2) is 21.7 Å². The molecule has 0 amide bonds. The van der Waals surface area contributed by atoms with Gasteiger partial charge in [-0.3, -0.25) is 0 Å². The van der Waals surface area contributed by atoms with Crippen molar-refractivity contribution in [2.75, 3.05) is 9.86 Å². The Labute approximate surface area is 93.7 Å². The molecule has 0 saturated heterocycles. The van der Waals surface area contributed by atoms with E-state index >= 15 is 0 Å². The summed E-state index contributed by atoms with van der Waals surface area (Å²) in [5.74, 6) is 0.206. The number of carbonyl (C=O) groups excluding carboxylic acids is 1. The maximum absolute atomic E-state index is 11.3. The van der Waals surface area contributed by atoms with Crippen LogP contribution in [-0.2, 0) is 4.79 Å². The Morgan fingerprint density at radius 2 is 2.17 bits per heavy atom. The van der Waals surface area contributed by atoms with Crippen molar-refractivity contribution in [3.8, 4) is 0 Å². The molecule has 0 radical (unpaired) electrons. The van der Waals surface area contributed by atoms with Crippen LogP contribution in [0.4, 0.5) is 0 Å². The number of rotatable bonds is 3. The molecule has 0 spiro atoms. The van der Waals surface area contributed by atoms with Crippen LogP contribution in [0.25, 0.3) is 0 Å². The Hall–Kier alpha value is 0.570. The minimum absolute atomic E-state index is 0.00680. The fourth-order valence-electron chi connectivity index (χ4n) is 0.891. The van der Waals surface area contributed by atoms with E-state index in [0.29, 0.717) is 0 Å². The van der Waals surface area contributed by atoms with Gasteiger partial charge in [-0.25, -0.2) is 0 Å². The summed E-state index contributed by atoms with van der Waals surface area (Å²) in [4.78, 5) is 15.6. The van der Waals surface area contributed by atoms with Crippen LogP contribution in [0, 0.1) is 0 Å². The van der Waals surface area contributed by atoms with Crippen molar-refractivity contribution in [1.82, 2.24) is 3.53 Å². The van der Waals surface area contributed by atoms with Gasteiger partial charge >= 0.3 is 94.5 Å². The topological polar surface area (TPSA) is 29.1 Å². The van der Waals surface area contributed by atoms with Gasteiger partial charge in [0, 0.05) is 0 Å². The molecule has 0 bridgehead atoms. The van der Waals surface area contributed by atoms with E-state index in [4.69, 9.17) is 0 Å². The van der Waals surface area contributed by atoms with E-state index in [0.717, 1.165) is 0 Å². The number of halogens is 2. The molecule has 1 unspecified atom stereocenters. The van der Waals surface area contributed by atoms with Gasteiger partial charge in [0.25, 0.3) is 0 Å². The fraction of sp³-hybridized carbons (Fsp3) is 0.375. The van der Waals surface area contributed by atoms with Crippen LogP contribution in [0.5, 0.6) is 0 Å². The first-order chi connectivity index (χ1) is 5.77. The SMILES string of the molecule is C[I-]NC1C=C([I-]C)C=CC1=O. The Bertz CT molecular complexity index is 235. The van der Waals surface area contributed by atoms with E-state index in [-0.39, 0.29) is 54.5 Å². The zero-order valence-corrected chi connectivity index (χ0v) is 11.3. The monoisotopic (exact) mass is 391 g/mol. The first-order valence-corrected chi connectivity index (χ1v) is 9.92. The van der Waals surface area contributed by atoms with Gasteiger partial charge < -0.3 is 0 Å². The number of alkyl halides is 2. The normalized spacial score (nSPS) is 23.3. The minimum atomic E-state index is -0.0116. The van der Waals surface area contributed by atoms with Gasteiger partial charge in [-0.1, -0.05) is 0 Å². The molecule has 2 nitrogen and oxygen atoms in total. The van der Waals surface area contributed by atoms with Crippen molar-refractivity contribution in [2.24, 2.45) is 0 Å². The Balaban J connectivity index is 2.67. The molecule has 0 aromatic heterocycles. The second-order valence-corrected chi connectivity index (χ2v) is 6.28. The third kappa shape index (κ3) is 2.81. The van der Waals surface area contributed by atoms with Gasteiger partial charge in [0.1, 0.15) is 0 Å². The van der Waals surface area contributed by atoms with Gasteiger partial charge in [0.05, 0.1) is 0 Å². The van der Waals surface area contributed by atoms with Crippen LogP contribution < -0.4 is 46.2 Å². The summed E-state index contributed by atoms with van der Waals surface area (Å²) in [6, 6.07) is -0.0116. The molecule has 0 saturated carbocycles. The van der Waals surface area contributed by atoms with Gasteiger partial charge in [0.2, 0.25) is 0 Å². The zero-order chi connectivity index (χ0) is 8.97. The molecule has 1 N–H and O–H groups in total. The van der Waals surface area contributed by atoms with Crippen LogP contribution in [0.1, 0.15) is 0 Å². The summed E-state index contributed by atoms with van der Waals surface area (Å²) in [6.07, 6.45) is 5.75. The Morgan fingerprint density at radius 1 is 1.42 bits per heavy atom. The van der Waals surface area contributed by atoms with E-state index in [1.54, 1.807) is 6.08 Å². The molecular weight excluding hydrogens is 380 g/mol. The molecule has 0 aliphatic heterocycles. The quantitative estimate of drug-likeness (QED) is 0.296. The number of nitrogens with one attached hydrogen (secondary N) is 1. The fourth-order valence-corrected chi connectivity index (χ4v) is 3.31. The van der Waals surface area contributed by atoms with Gasteiger partial charge in [0.15, 0.2) is 0 Å². The summed E-state index contributed by atoms with van der Waals surface area (Å²) < 4.78 is 4.61. The molecule has 1 aliphatic rings. The van der Waals surface area contributed by atoms with E-state index in [1.807, 2.05) is 6.08 Å². The summed E-state index contributed by atoms with van der Waals surface area (Å²) in [7, 11) is 0. The van der Waals surface area contributed by atoms with Gasteiger partial charge in [-0.2, -0.15) is 0 Å². The standard InChI is InChI=1S/C8H11I2NO/c1-9-6-3-4-8(12)7(5-6)11-10-2/h3-5,7,11H,1-2H3/q-2. The maximum atomic E-state index is 11.3. The second-order valence-electron chi connectivity index (χ2n) is 2.25. The molecule has 0 aromatic rings. The third-order valence-electron chi connectivity index (χ3n) is 1.48. The number of carbonyl (C=O) groups is 1. The third-order valence-corrected chi connectivity index (χ3v) is 4.74. The van der Waals surface area contributed by atoms with Crippen LogP contribution >= 0.6 is 0 Å². The van der Waals surface area contributed by atoms with Gasteiger partial charge in [-0.05, 0) is 0 Å². The predicted octanol–water partition coefficient (Wildman–Crippen LogP) is -5.68. The number of hydrogen-bond acceptors (Lipinski definition) is 2. The second kappa shape index (κ2) is 5.33. The molecule has 1 aliphatic carbocycles. The molecule has 70 valence electrons. The summed E-state index contributed by atoms with van der Waals surface area (Å²) in [5, 5.41) is 0. The van der Waals surface area contributed by atoms with Gasteiger partial charge in [-0.15, -0.1) is 0 Å². The molecule has 1 rings (SSSR count). The van der Waals surface area contributed by atoms with Crippen LogP contribution in [0.15, 0.2) is 21.8 Å². The molecule has 0 fully saturated rings. The van der Waals surface area contributed by atoms with Crippen molar-refractivity contribution in [3.05, 3.63) is 21.8 Å². The number of ketones is 1. The number of hydrogen-bond donors (Lipinski definition) is 1. The number of allylic oxidation sites excluding steroid dienone is 2. The summed E-state index contributed by atoms with van der Waals surface area (Å²) >= 11 is 0.116. The van der Waals surface area contributed by atoms with E-state index in [1.165, 1.54) is 3.58 Å². The van der Waals surface area contributed by atoms with E-state index < -0.39 is 0 Å². The predicted molar refractivity (Wildman–Crippen MR) is 41.0 cm³/mol. The Morgan fingerprint density at radius 3 is 2.75 bits per heavy atom.